The lowest BCUT2D eigenvalue weighted by Crippen LogP contribution is -2.52. The van der Waals surface area contributed by atoms with Crippen molar-refractivity contribution in [2.24, 2.45) is 46.3 Å². The van der Waals surface area contributed by atoms with E-state index in [4.69, 9.17) is 9.47 Å². The number of rotatable bonds is 11. The minimum absolute atomic E-state index is 0.00252. The molecule has 5 fully saturated rings. The highest BCUT2D eigenvalue weighted by Gasteiger charge is 2.69. The lowest BCUT2D eigenvalue weighted by Gasteiger charge is -2.56. The summed E-state index contributed by atoms with van der Waals surface area (Å²) < 4.78 is 13.3. The molecule has 3 heterocycles. The number of hydrogen-bond acceptors (Lipinski definition) is 9. The molecule has 1 spiro atoms. The summed E-state index contributed by atoms with van der Waals surface area (Å²) in [6, 6.07) is 24.3. The number of ether oxygens (including phenoxy) is 2. The van der Waals surface area contributed by atoms with Crippen LogP contribution in [-0.2, 0) is 32.0 Å². The third-order valence-electron chi connectivity index (χ3n) is 17.7. The molecule has 9 heteroatoms. The van der Waals surface area contributed by atoms with E-state index in [0.29, 0.717) is 55.1 Å². The monoisotopic (exact) mass is 875 g/mol. The molecule has 0 radical (unpaired) electrons. The van der Waals surface area contributed by atoms with Gasteiger partial charge in [0, 0.05) is 30.2 Å². The van der Waals surface area contributed by atoms with Gasteiger partial charge in [-0.2, -0.15) is 0 Å². The van der Waals surface area contributed by atoms with Crippen molar-refractivity contribution >= 4 is 17.5 Å². The number of benzene rings is 3. The fraction of sp³-hybridized carbons (Fsp3) is 0.500. The molecule has 9 atom stereocenters. The van der Waals surface area contributed by atoms with Gasteiger partial charge in [-0.05, 0) is 202 Å². The molecule has 340 valence electrons. The van der Waals surface area contributed by atoms with Crippen molar-refractivity contribution in [3.63, 3.8) is 0 Å². The molecular formula is C56H65N3O6. The summed E-state index contributed by atoms with van der Waals surface area (Å²) >= 11 is 0. The SMILES string of the molecule is CNCc1cccc(-c2ccc(O)cc2C2=C3C(=O)OC(=CC(CCO)Cc4ccccc4)C34CCC2C2CCC3=C(C(=O)OC3=C3CCC5CCCC5(C5CCNC(NC)C5)C3)C24)c1. The quantitative estimate of drug-likeness (QED) is 0.120. The Kier molecular flexibility index (Phi) is 11.3. The topological polar surface area (TPSA) is 129 Å². The van der Waals surface area contributed by atoms with Gasteiger partial charge in [0.05, 0.1) is 17.2 Å². The molecule has 6 aliphatic carbocycles. The van der Waals surface area contributed by atoms with Crippen LogP contribution in [-0.4, -0.2) is 55.6 Å². The van der Waals surface area contributed by atoms with E-state index in [-0.39, 0.29) is 53.4 Å². The second kappa shape index (κ2) is 17.1. The van der Waals surface area contributed by atoms with E-state index in [1.807, 2.05) is 37.4 Å². The van der Waals surface area contributed by atoms with E-state index in [2.05, 4.69) is 65.5 Å². The molecular weight excluding hydrogens is 811 g/mol. The van der Waals surface area contributed by atoms with Crippen molar-refractivity contribution in [2.45, 2.75) is 103 Å². The zero-order chi connectivity index (χ0) is 44.5. The second-order valence-electron chi connectivity index (χ2n) is 20.7. The average molecular weight is 876 g/mol. The van der Waals surface area contributed by atoms with Gasteiger partial charge < -0.3 is 35.6 Å². The number of fused-ring (bicyclic) bond motifs is 2. The van der Waals surface area contributed by atoms with Gasteiger partial charge in [0.15, 0.2) is 0 Å². The first-order valence-electron chi connectivity index (χ1n) is 24.8. The third-order valence-corrected chi connectivity index (χ3v) is 17.7. The Morgan fingerprint density at radius 2 is 1.72 bits per heavy atom. The molecule has 2 bridgehead atoms. The van der Waals surface area contributed by atoms with Gasteiger partial charge >= 0.3 is 11.9 Å². The number of carbonyl (C=O) groups is 2. The van der Waals surface area contributed by atoms with Gasteiger partial charge in [-0.25, -0.2) is 9.59 Å². The van der Waals surface area contributed by atoms with Crippen LogP contribution in [0.2, 0.25) is 0 Å². The summed E-state index contributed by atoms with van der Waals surface area (Å²) in [6.07, 6.45) is 16.0. The van der Waals surface area contributed by atoms with E-state index < -0.39 is 5.41 Å². The van der Waals surface area contributed by atoms with Crippen molar-refractivity contribution < 1.29 is 29.3 Å². The van der Waals surface area contributed by atoms with Gasteiger partial charge in [0.25, 0.3) is 0 Å². The van der Waals surface area contributed by atoms with Crippen LogP contribution in [0, 0.1) is 46.3 Å². The smallest absolute Gasteiger partial charge is 0.340 e. The van der Waals surface area contributed by atoms with Gasteiger partial charge in [-0.1, -0.05) is 61.0 Å². The van der Waals surface area contributed by atoms with Gasteiger partial charge in [0.2, 0.25) is 0 Å². The minimum Gasteiger partial charge on any atom is -0.508 e. The molecule has 2 saturated heterocycles. The number of hydrogen-bond donors (Lipinski definition) is 5. The number of allylic oxidation sites excluding steroid dienone is 5. The summed E-state index contributed by atoms with van der Waals surface area (Å²) in [7, 11) is 4.01. The number of piperidine rings is 1. The Bertz CT molecular complexity index is 2520. The van der Waals surface area contributed by atoms with E-state index in [1.54, 1.807) is 6.07 Å². The zero-order valence-electron chi connectivity index (χ0n) is 38.1. The van der Waals surface area contributed by atoms with E-state index in [9.17, 15) is 15.0 Å². The molecule has 5 N–H and O–H groups in total. The molecule has 3 aromatic carbocycles. The first kappa shape index (κ1) is 42.8. The Hall–Kier alpha value is -4.80. The Labute approximate surface area is 383 Å². The number of carbonyl (C=O) groups excluding carboxylic acids is 2. The van der Waals surface area contributed by atoms with E-state index in [0.717, 1.165) is 102 Å². The molecule has 0 aromatic heterocycles. The summed E-state index contributed by atoms with van der Waals surface area (Å²) in [5.41, 5.74) is 9.22. The Morgan fingerprint density at radius 1 is 0.862 bits per heavy atom. The molecule has 9 nitrogen and oxygen atoms in total. The first-order chi connectivity index (χ1) is 31.8. The highest BCUT2D eigenvalue weighted by molar-refractivity contribution is 6.07. The van der Waals surface area contributed by atoms with Crippen LogP contribution >= 0.6 is 0 Å². The van der Waals surface area contributed by atoms with Crippen LogP contribution in [0.4, 0.5) is 0 Å². The first-order valence-corrected chi connectivity index (χ1v) is 24.8. The number of aliphatic hydroxyl groups excluding tert-OH is 1. The van der Waals surface area contributed by atoms with Crippen molar-refractivity contribution in [3.05, 3.63) is 129 Å². The van der Waals surface area contributed by atoms with Crippen molar-refractivity contribution in [1.82, 2.24) is 16.0 Å². The Balaban J connectivity index is 1.08. The van der Waals surface area contributed by atoms with E-state index in [1.165, 1.54) is 31.3 Å². The number of phenols is 1. The lowest BCUT2D eigenvalue weighted by molar-refractivity contribution is -0.135. The number of aliphatic hydroxyl groups is 1. The van der Waals surface area contributed by atoms with Crippen LogP contribution in [0.3, 0.4) is 0 Å². The van der Waals surface area contributed by atoms with Crippen molar-refractivity contribution in [2.75, 3.05) is 27.2 Å². The van der Waals surface area contributed by atoms with Crippen LogP contribution in [0.1, 0.15) is 100 Å². The molecule has 65 heavy (non-hydrogen) atoms. The van der Waals surface area contributed by atoms with Crippen molar-refractivity contribution in [3.8, 4) is 16.9 Å². The highest BCUT2D eigenvalue weighted by Crippen LogP contribution is 2.72. The molecule has 9 aliphatic rings. The summed E-state index contributed by atoms with van der Waals surface area (Å²) in [5, 5.41) is 32.2. The molecule has 12 rings (SSSR count). The second-order valence-corrected chi connectivity index (χ2v) is 20.7. The maximum absolute atomic E-state index is 15.1. The minimum atomic E-state index is -0.908. The maximum atomic E-state index is 15.1. The van der Waals surface area contributed by atoms with Gasteiger partial charge in [-0.3, -0.25) is 0 Å². The number of esters is 2. The van der Waals surface area contributed by atoms with E-state index >= 15 is 4.79 Å². The lowest BCUT2D eigenvalue weighted by atomic mass is 9.44. The summed E-state index contributed by atoms with van der Waals surface area (Å²) in [5.74, 6) is 1.96. The van der Waals surface area contributed by atoms with Gasteiger partial charge in [-0.15, -0.1) is 0 Å². The molecule has 3 aliphatic heterocycles. The normalized spacial score (nSPS) is 33.7. The van der Waals surface area contributed by atoms with Crippen LogP contribution in [0.5, 0.6) is 5.75 Å². The van der Waals surface area contributed by atoms with Gasteiger partial charge in [0.1, 0.15) is 17.3 Å². The predicted molar refractivity (Wildman–Crippen MR) is 251 cm³/mol. The zero-order valence-corrected chi connectivity index (χ0v) is 38.1. The van der Waals surface area contributed by atoms with Crippen LogP contribution in [0.25, 0.3) is 16.7 Å². The standard InChI is InChI=1S/C56H65N3O6/c1-57-32-35-10-6-11-36(27-35)41-16-15-40(61)30-45(41)48-42-19-23-56(46(64-54(63)51(48)56)28-34(21-25-60)26-33-8-4-3-5-9-33)50-43(42)17-18-44-49(50)53(62)65-52(44)37-13-14-38-12-7-22-55(38,31-37)39-20-24-59-47(29-39)58-2/h3-6,8-11,15-16,27-28,30,34,38-39,42-43,47,50,57-61H,7,12-14,17-26,29,31-32H2,1-2H3. The fourth-order valence-electron chi connectivity index (χ4n) is 15.1. The maximum Gasteiger partial charge on any atom is 0.340 e. The Morgan fingerprint density at radius 3 is 2.55 bits per heavy atom. The van der Waals surface area contributed by atoms with Crippen LogP contribution in [0.15, 0.2) is 113 Å². The number of cyclic esters (lactones) is 2. The molecule has 3 saturated carbocycles. The summed E-state index contributed by atoms with van der Waals surface area (Å²) in [4.78, 5) is 30.0. The number of phenolic OH excluding ortho intramolecular Hbond substituents is 1. The third kappa shape index (κ3) is 7.01. The molecule has 9 unspecified atom stereocenters. The molecule has 0 amide bonds. The largest absolute Gasteiger partial charge is 0.508 e. The fourth-order valence-corrected chi connectivity index (χ4v) is 15.1. The number of nitrogens with one attached hydrogen (secondary N) is 3. The highest BCUT2D eigenvalue weighted by atomic mass is 16.6. The van der Waals surface area contributed by atoms with Crippen LogP contribution < -0.4 is 16.0 Å². The predicted octanol–water partition coefficient (Wildman–Crippen LogP) is 9.27. The molecule has 3 aromatic rings. The summed E-state index contributed by atoms with van der Waals surface area (Å²) in [6.45, 7) is 1.74. The van der Waals surface area contributed by atoms with Crippen molar-refractivity contribution in [1.29, 1.82) is 0 Å². The number of aromatic hydroxyl groups is 1. The average Bonchev–Trinajstić information content (AvgIpc) is 4.01.